The van der Waals surface area contributed by atoms with Crippen LogP contribution in [0.3, 0.4) is 0 Å². The molecule has 24 heavy (non-hydrogen) atoms. The molecule has 0 aliphatic rings. The van der Waals surface area contributed by atoms with Crippen molar-refractivity contribution in [2.45, 2.75) is 39.8 Å². The fourth-order valence-corrected chi connectivity index (χ4v) is 2.88. The maximum absolute atomic E-state index is 12.7. The Kier molecular flexibility index (Phi) is 4.57. The van der Waals surface area contributed by atoms with Gasteiger partial charge in [-0.2, -0.15) is 0 Å². The molecule has 0 aliphatic carbocycles. The molecule has 2 aromatic heterocycles. The van der Waals surface area contributed by atoms with Gasteiger partial charge in [0.1, 0.15) is 11.3 Å². The normalized spacial score (nSPS) is 11.3. The van der Waals surface area contributed by atoms with Crippen LogP contribution in [-0.4, -0.2) is 19.1 Å². The number of aromatic amines is 1. The van der Waals surface area contributed by atoms with Gasteiger partial charge >= 0.3 is 5.69 Å². The van der Waals surface area contributed by atoms with Gasteiger partial charge in [0.05, 0.1) is 0 Å². The first-order valence-corrected chi connectivity index (χ1v) is 8.43. The third-order valence-electron chi connectivity index (χ3n) is 3.87. The molecule has 1 N–H and O–H groups in total. The SMILES string of the molecule is CCCn1c(=O)c2[nH]c(-c3ccc(Cl)cc3)nc2n(CCC)c1=O. The molecule has 126 valence electrons. The van der Waals surface area contributed by atoms with Gasteiger partial charge in [-0.25, -0.2) is 9.78 Å². The number of fused-ring (bicyclic) bond motifs is 1. The van der Waals surface area contributed by atoms with E-state index in [9.17, 15) is 9.59 Å². The molecular weight excluding hydrogens is 328 g/mol. The van der Waals surface area contributed by atoms with Crippen molar-refractivity contribution in [3.63, 3.8) is 0 Å². The van der Waals surface area contributed by atoms with Crippen molar-refractivity contribution >= 4 is 22.8 Å². The molecule has 0 spiro atoms. The summed E-state index contributed by atoms with van der Waals surface area (Å²) in [7, 11) is 0. The zero-order chi connectivity index (χ0) is 17.3. The fraction of sp³-hybridized carbons (Fsp3) is 0.353. The molecule has 0 atom stereocenters. The maximum Gasteiger partial charge on any atom is 0.332 e. The largest absolute Gasteiger partial charge is 0.332 e. The lowest BCUT2D eigenvalue weighted by atomic mass is 10.2. The van der Waals surface area contributed by atoms with Gasteiger partial charge in [0.15, 0.2) is 5.65 Å². The van der Waals surface area contributed by atoms with Crippen LogP contribution in [0.15, 0.2) is 33.9 Å². The molecule has 3 rings (SSSR count). The summed E-state index contributed by atoms with van der Waals surface area (Å²) in [6, 6.07) is 7.18. The van der Waals surface area contributed by atoms with Crippen LogP contribution >= 0.6 is 11.6 Å². The van der Waals surface area contributed by atoms with Gasteiger partial charge in [-0.1, -0.05) is 25.4 Å². The molecule has 3 aromatic rings. The van der Waals surface area contributed by atoms with Crippen molar-refractivity contribution in [2.24, 2.45) is 0 Å². The average molecular weight is 347 g/mol. The van der Waals surface area contributed by atoms with E-state index in [2.05, 4.69) is 9.97 Å². The summed E-state index contributed by atoms with van der Waals surface area (Å²) in [5.74, 6) is 0.553. The number of halogens is 1. The second kappa shape index (κ2) is 6.65. The standard InChI is InChI=1S/C17H19ClN4O2/c1-3-9-21-15-13(16(23)22(10-4-2)17(21)24)19-14(20-15)11-5-7-12(18)8-6-11/h5-8H,3-4,9-10H2,1-2H3,(H,19,20). The topological polar surface area (TPSA) is 72.7 Å². The number of rotatable bonds is 5. The minimum absolute atomic E-state index is 0.301. The van der Waals surface area contributed by atoms with Crippen LogP contribution in [0.25, 0.3) is 22.6 Å². The second-order valence-electron chi connectivity index (χ2n) is 5.68. The van der Waals surface area contributed by atoms with Gasteiger partial charge in [0.2, 0.25) is 0 Å². The third-order valence-corrected chi connectivity index (χ3v) is 4.13. The van der Waals surface area contributed by atoms with Crippen molar-refractivity contribution in [3.05, 3.63) is 50.1 Å². The van der Waals surface area contributed by atoms with E-state index in [1.165, 1.54) is 4.57 Å². The summed E-state index contributed by atoms with van der Waals surface area (Å²) in [6.07, 6.45) is 1.49. The van der Waals surface area contributed by atoms with E-state index in [1.54, 1.807) is 16.7 Å². The van der Waals surface area contributed by atoms with Crippen LogP contribution in [0, 0.1) is 0 Å². The highest BCUT2D eigenvalue weighted by atomic mass is 35.5. The highest BCUT2D eigenvalue weighted by Crippen LogP contribution is 2.20. The van der Waals surface area contributed by atoms with Crippen LogP contribution < -0.4 is 11.2 Å². The first-order valence-electron chi connectivity index (χ1n) is 8.06. The second-order valence-corrected chi connectivity index (χ2v) is 6.12. The zero-order valence-corrected chi connectivity index (χ0v) is 14.4. The summed E-state index contributed by atoms with van der Waals surface area (Å²) in [6.45, 7) is 4.84. The monoisotopic (exact) mass is 346 g/mol. The Morgan fingerprint density at radius 1 is 1.04 bits per heavy atom. The molecule has 0 fully saturated rings. The number of benzene rings is 1. The minimum Gasteiger partial charge on any atom is -0.332 e. The van der Waals surface area contributed by atoms with Gasteiger partial charge in [-0.15, -0.1) is 0 Å². The molecular formula is C17H19ClN4O2. The maximum atomic E-state index is 12.7. The number of nitrogens with zero attached hydrogens (tertiary/aromatic N) is 3. The van der Waals surface area contributed by atoms with E-state index in [4.69, 9.17) is 11.6 Å². The summed E-state index contributed by atoms with van der Waals surface area (Å²) < 4.78 is 2.85. The molecule has 0 amide bonds. The fourth-order valence-electron chi connectivity index (χ4n) is 2.76. The number of aromatic nitrogens is 4. The smallest absolute Gasteiger partial charge is 0.332 e. The lowest BCUT2D eigenvalue weighted by Gasteiger charge is -2.09. The van der Waals surface area contributed by atoms with Crippen LogP contribution in [0.4, 0.5) is 0 Å². The van der Waals surface area contributed by atoms with E-state index >= 15 is 0 Å². The Morgan fingerprint density at radius 3 is 2.29 bits per heavy atom. The van der Waals surface area contributed by atoms with Gasteiger partial charge < -0.3 is 4.98 Å². The van der Waals surface area contributed by atoms with Gasteiger partial charge in [-0.05, 0) is 37.1 Å². The Labute approximate surface area is 143 Å². The van der Waals surface area contributed by atoms with E-state index in [1.807, 2.05) is 26.0 Å². The van der Waals surface area contributed by atoms with Crippen LogP contribution in [0.2, 0.25) is 5.02 Å². The van der Waals surface area contributed by atoms with Crippen molar-refractivity contribution in [1.82, 2.24) is 19.1 Å². The van der Waals surface area contributed by atoms with Crippen LogP contribution in [0.1, 0.15) is 26.7 Å². The molecule has 2 heterocycles. The number of hydrogen-bond acceptors (Lipinski definition) is 3. The highest BCUT2D eigenvalue weighted by molar-refractivity contribution is 6.30. The Bertz CT molecular complexity index is 983. The quantitative estimate of drug-likeness (QED) is 0.771. The Balaban J connectivity index is 2.29. The summed E-state index contributed by atoms with van der Waals surface area (Å²) >= 11 is 5.92. The number of aryl methyl sites for hydroxylation is 1. The first kappa shape index (κ1) is 16.5. The molecule has 7 heteroatoms. The van der Waals surface area contributed by atoms with E-state index in [0.717, 1.165) is 12.0 Å². The number of imidazole rings is 1. The van der Waals surface area contributed by atoms with Gasteiger partial charge in [-0.3, -0.25) is 13.9 Å². The van der Waals surface area contributed by atoms with Crippen LogP contribution in [0.5, 0.6) is 0 Å². The predicted molar refractivity (Wildman–Crippen MR) is 95.6 cm³/mol. The lowest BCUT2D eigenvalue weighted by Crippen LogP contribution is -2.40. The summed E-state index contributed by atoms with van der Waals surface area (Å²) in [5.41, 5.74) is 0.959. The van der Waals surface area contributed by atoms with Crippen LogP contribution in [-0.2, 0) is 13.1 Å². The molecule has 0 radical (unpaired) electrons. The van der Waals surface area contributed by atoms with E-state index in [0.29, 0.717) is 41.5 Å². The van der Waals surface area contributed by atoms with Crippen molar-refractivity contribution in [3.8, 4) is 11.4 Å². The number of nitrogens with one attached hydrogen (secondary N) is 1. The molecule has 1 aromatic carbocycles. The Morgan fingerprint density at radius 2 is 1.67 bits per heavy atom. The van der Waals surface area contributed by atoms with Gasteiger partial charge in [0.25, 0.3) is 5.56 Å². The minimum atomic E-state index is -0.322. The molecule has 0 unspecified atom stereocenters. The van der Waals surface area contributed by atoms with Crippen molar-refractivity contribution < 1.29 is 0 Å². The first-order chi connectivity index (χ1) is 11.6. The number of H-pyrrole nitrogens is 1. The molecule has 0 bridgehead atoms. The third kappa shape index (κ3) is 2.78. The van der Waals surface area contributed by atoms with Crippen molar-refractivity contribution in [2.75, 3.05) is 0 Å². The van der Waals surface area contributed by atoms with E-state index < -0.39 is 0 Å². The zero-order valence-electron chi connectivity index (χ0n) is 13.7. The van der Waals surface area contributed by atoms with Gasteiger partial charge in [0, 0.05) is 23.7 Å². The lowest BCUT2D eigenvalue weighted by molar-refractivity contribution is 0.555. The number of hydrogen-bond donors (Lipinski definition) is 1. The predicted octanol–water partition coefficient (Wildman–Crippen LogP) is 3.03. The molecule has 6 nitrogen and oxygen atoms in total. The molecule has 0 saturated carbocycles. The molecule has 0 saturated heterocycles. The Hall–Kier alpha value is -2.34. The van der Waals surface area contributed by atoms with E-state index in [-0.39, 0.29) is 11.2 Å². The molecule has 0 aliphatic heterocycles. The highest BCUT2D eigenvalue weighted by Gasteiger charge is 2.17. The average Bonchev–Trinajstić information content (AvgIpc) is 3.01. The summed E-state index contributed by atoms with van der Waals surface area (Å²) in [5, 5.41) is 0.628. The summed E-state index contributed by atoms with van der Waals surface area (Å²) in [4.78, 5) is 32.9. The van der Waals surface area contributed by atoms with Crippen molar-refractivity contribution in [1.29, 1.82) is 0 Å².